The Hall–Kier alpha value is -2.77. The van der Waals surface area contributed by atoms with Gasteiger partial charge in [-0.25, -0.2) is 0 Å². The number of rotatable bonds is 9. The van der Waals surface area contributed by atoms with Crippen LogP contribution >= 0.6 is 0 Å². The number of aliphatic hydroxyl groups excluding tert-OH is 1. The molecule has 3 N–H and O–H groups in total. The van der Waals surface area contributed by atoms with E-state index in [1.807, 2.05) is 24.3 Å². The van der Waals surface area contributed by atoms with E-state index in [2.05, 4.69) is 10.6 Å². The van der Waals surface area contributed by atoms with Crippen molar-refractivity contribution in [1.82, 2.24) is 5.32 Å². The number of ether oxygens (including phenoxy) is 3. The van der Waals surface area contributed by atoms with Crippen molar-refractivity contribution in [3.05, 3.63) is 48.0 Å². The van der Waals surface area contributed by atoms with Gasteiger partial charge in [0, 0.05) is 12.6 Å². The molecule has 0 aromatic heterocycles. The number of methoxy groups -OCH3 is 1. The lowest BCUT2D eigenvalue weighted by atomic mass is 10.1. The molecule has 0 spiro atoms. The fraction of sp³-hybridized carbons (Fsp3) is 0.350. The second-order valence-electron chi connectivity index (χ2n) is 6.26. The average molecular weight is 372 g/mol. The van der Waals surface area contributed by atoms with Gasteiger partial charge in [0.05, 0.1) is 12.8 Å². The molecule has 2 aromatic carbocycles. The molecule has 0 fully saturated rings. The largest absolute Gasteiger partial charge is 0.497 e. The summed E-state index contributed by atoms with van der Waals surface area (Å²) < 4.78 is 16.0. The summed E-state index contributed by atoms with van der Waals surface area (Å²) in [6.45, 7) is 1.36. The van der Waals surface area contributed by atoms with E-state index in [0.29, 0.717) is 23.7 Å². The number of hydrogen-bond acceptors (Lipinski definition) is 6. The van der Waals surface area contributed by atoms with Crippen LogP contribution in [0.25, 0.3) is 0 Å². The standard InChI is InChI=1S/C20H24N2O5/c1-25-16-4-2-14(3-5-16)8-9-21-11-15(23)12-26-17-6-7-19-18(10-17)22-20(24)13-27-19/h2-7,10,15,21,23H,8-9,11-13H2,1H3,(H,22,24)/t15-/m1/s1. The average Bonchev–Trinajstić information content (AvgIpc) is 2.69. The van der Waals surface area contributed by atoms with Gasteiger partial charge in [-0.15, -0.1) is 0 Å². The highest BCUT2D eigenvalue weighted by Crippen LogP contribution is 2.31. The fourth-order valence-electron chi connectivity index (χ4n) is 2.70. The maximum absolute atomic E-state index is 11.4. The number of carbonyl (C=O) groups is 1. The van der Waals surface area contributed by atoms with Crippen molar-refractivity contribution < 1.29 is 24.1 Å². The van der Waals surface area contributed by atoms with E-state index in [0.717, 1.165) is 18.7 Å². The molecule has 7 nitrogen and oxygen atoms in total. The third kappa shape index (κ3) is 5.60. The van der Waals surface area contributed by atoms with E-state index in [9.17, 15) is 9.90 Å². The molecule has 0 radical (unpaired) electrons. The highest BCUT2D eigenvalue weighted by molar-refractivity contribution is 5.95. The summed E-state index contributed by atoms with van der Waals surface area (Å²) in [5, 5.41) is 16.0. The number of aliphatic hydroxyl groups is 1. The summed E-state index contributed by atoms with van der Waals surface area (Å²) in [7, 11) is 1.65. The van der Waals surface area contributed by atoms with Gasteiger partial charge in [-0.2, -0.15) is 0 Å². The SMILES string of the molecule is COc1ccc(CCNC[C@@H](O)COc2ccc3c(c2)NC(=O)CO3)cc1. The Bertz CT molecular complexity index is 763. The lowest BCUT2D eigenvalue weighted by molar-refractivity contribution is -0.118. The van der Waals surface area contributed by atoms with Crippen LogP contribution in [0.15, 0.2) is 42.5 Å². The topological polar surface area (TPSA) is 89.0 Å². The molecule has 27 heavy (non-hydrogen) atoms. The Morgan fingerprint density at radius 1 is 1.22 bits per heavy atom. The minimum atomic E-state index is -0.636. The van der Waals surface area contributed by atoms with Gasteiger partial charge in [-0.1, -0.05) is 12.1 Å². The van der Waals surface area contributed by atoms with Crippen molar-refractivity contribution in [3.8, 4) is 17.2 Å². The Balaban J connectivity index is 1.36. The quantitative estimate of drug-likeness (QED) is 0.580. The zero-order chi connectivity index (χ0) is 19.1. The Morgan fingerprint density at radius 2 is 2.00 bits per heavy atom. The van der Waals surface area contributed by atoms with Gasteiger partial charge < -0.3 is 30.0 Å². The Labute approximate surface area is 158 Å². The van der Waals surface area contributed by atoms with Crippen molar-refractivity contribution in [2.24, 2.45) is 0 Å². The highest BCUT2D eigenvalue weighted by Gasteiger charge is 2.16. The van der Waals surface area contributed by atoms with Crippen LogP contribution in [0.1, 0.15) is 5.56 Å². The number of carbonyl (C=O) groups excluding carboxylic acids is 1. The van der Waals surface area contributed by atoms with Crippen LogP contribution in [0.2, 0.25) is 0 Å². The molecule has 1 aliphatic rings. The molecule has 7 heteroatoms. The second-order valence-corrected chi connectivity index (χ2v) is 6.26. The smallest absolute Gasteiger partial charge is 0.262 e. The van der Waals surface area contributed by atoms with Crippen LogP contribution in [-0.2, 0) is 11.2 Å². The lowest BCUT2D eigenvalue weighted by Gasteiger charge is -2.19. The monoisotopic (exact) mass is 372 g/mol. The first kappa shape index (κ1) is 19.0. The molecule has 1 heterocycles. The maximum atomic E-state index is 11.4. The van der Waals surface area contributed by atoms with Crippen LogP contribution < -0.4 is 24.8 Å². The summed E-state index contributed by atoms with van der Waals surface area (Å²) in [6, 6.07) is 13.1. The molecule has 3 rings (SSSR count). The zero-order valence-corrected chi connectivity index (χ0v) is 15.2. The molecular formula is C20H24N2O5. The van der Waals surface area contributed by atoms with E-state index in [-0.39, 0.29) is 19.1 Å². The summed E-state index contributed by atoms with van der Waals surface area (Å²) >= 11 is 0. The van der Waals surface area contributed by atoms with Crippen molar-refractivity contribution in [2.75, 3.05) is 38.7 Å². The van der Waals surface area contributed by atoms with Crippen LogP contribution in [0, 0.1) is 0 Å². The van der Waals surface area contributed by atoms with Gasteiger partial charge >= 0.3 is 0 Å². The predicted octanol–water partition coefficient (Wildman–Crippen LogP) is 1.60. The molecule has 1 aliphatic heterocycles. The number of fused-ring (bicyclic) bond motifs is 1. The Morgan fingerprint density at radius 3 is 2.78 bits per heavy atom. The normalized spacial score (nSPS) is 13.9. The van der Waals surface area contributed by atoms with Gasteiger partial charge in [0.1, 0.15) is 30.0 Å². The fourth-order valence-corrected chi connectivity index (χ4v) is 2.70. The van der Waals surface area contributed by atoms with Crippen LogP contribution in [-0.4, -0.2) is 50.5 Å². The number of benzene rings is 2. The number of amides is 1. The number of anilines is 1. The second kappa shape index (κ2) is 9.25. The minimum Gasteiger partial charge on any atom is -0.497 e. The highest BCUT2D eigenvalue weighted by atomic mass is 16.5. The summed E-state index contributed by atoms with van der Waals surface area (Å²) in [5.74, 6) is 1.83. The van der Waals surface area contributed by atoms with Gasteiger partial charge in [-0.3, -0.25) is 4.79 Å². The van der Waals surface area contributed by atoms with E-state index < -0.39 is 6.10 Å². The molecule has 1 atom stereocenters. The van der Waals surface area contributed by atoms with Crippen molar-refractivity contribution in [1.29, 1.82) is 0 Å². The summed E-state index contributed by atoms with van der Waals surface area (Å²) in [4.78, 5) is 11.4. The molecule has 0 saturated heterocycles. The first-order valence-corrected chi connectivity index (χ1v) is 8.85. The van der Waals surface area contributed by atoms with E-state index in [1.54, 1.807) is 25.3 Å². The third-order valence-electron chi connectivity index (χ3n) is 4.16. The van der Waals surface area contributed by atoms with Crippen LogP contribution in [0.4, 0.5) is 5.69 Å². The van der Waals surface area contributed by atoms with E-state index >= 15 is 0 Å². The van der Waals surface area contributed by atoms with Crippen molar-refractivity contribution in [3.63, 3.8) is 0 Å². The van der Waals surface area contributed by atoms with Crippen molar-refractivity contribution >= 4 is 11.6 Å². The van der Waals surface area contributed by atoms with Gasteiger partial charge in [0.2, 0.25) is 0 Å². The first-order chi connectivity index (χ1) is 13.1. The third-order valence-corrected chi connectivity index (χ3v) is 4.16. The molecule has 1 amide bonds. The molecule has 0 unspecified atom stereocenters. The first-order valence-electron chi connectivity index (χ1n) is 8.85. The molecule has 0 aliphatic carbocycles. The van der Waals surface area contributed by atoms with Crippen molar-refractivity contribution in [2.45, 2.75) is 12.5 Å². The van der Waals surface area contributed by atoms with Crippen LogP contribution in [0.3, 0.4) is 0 Å². The van der Waals surface area contributed by atoms with Gasteiger partial charge in [0.25, 0.3) is 5.91 Å². The lowest BCUT2D eigenvalue weighted by Crippen LogP contribution is -2.32. The maximum Gasteiger partial charge on any atom is 0.262 e. The molecule has 0 bridgehead atoms. The van der Waals surface area contributed by atoms with E-state index in [1.165, 1.54) is 5.56 Å². The predicted molar refractivity (Wildman–Crippen MR) is 102 cm³/mol. The van der Waals surface area contributed by atoms with Crippen LogP contribution in [0.5, 0.6) is 17.2 Å². The summed E-state index contributed by atoms with van der Waals surface area (Å²) in [6.07, 6.45) is 0.227. The molecule has 144 valence electrons. The number of hydrogen-bond donors (Lipinski definition) is 3. The number of nitrogens with one attached hydrogen (secondary N) is 2. The molecular weight excluding hydrogens is 348 g/mol. The van der Waals surface area contributed by atoms with Gasteiger partial charge in [0.15, 0.2) is 6.61 Å². The molecule has 0 saturated carbocycles. The van der Waals surface area contributed by atoms with E-state index in [4.69, 9.17) is 14.2 Å². The molecule has 2 aromatic rings. The zero-order valence-electron chi connectivity index (χ0n) is 15.2. The Kier molecular flexibility index (Phi) is 6.51. The minimum absolute atomic E-state index is 0.0219. The summed E-state index contributed by atoms with van der Waals surface area (Å²) in [5.41, 5.74) is 1.78. The van der Waals surface area contributed by atoms with Gasteiger partial charge in [-0.05, 0) is 42.8 Å².